The van der Waals surface area contributed by atoms with Crippen LogP contribution in [0.4, 0.5) is 0 Å². The summed E-state index contributed by atoms with van der Waals surface area (Å²) in [5, 5.41) is 4.23. The van der Waals surface area contributed by atoms with E-state index in [0.717, 1.165) is 24.7 Å². The third-order valence-corrected chi connectivity index (χ3v) is 4.88. The average molecular weight is 247 g/mol. The van der Waals surface area contributed by atoms with Crippen LogP contribution >= 0.6 is 0 Å². The Balaban J connectivity index is 1.56. The van der Waals surface area contributed by atoms with Crippen LogP contribution in [0.3, 0.4) is 0 Å². The second kappa shape index (κ2) is 4.69. The lowest BCUT2D eigenvalue weighted by Gasteiger charge is -2.38. The summed E-state index contributed by atoms with van der Waals surface area (Å²) >= 11 is 0. The lowest BCUT2D eigenvalue weighted by Crippen LogP contribution is -2.45. The molecule has 2 unspecified atom stereocenters. The van der Waals surface area contributed by atoms with Crippen LogP contribution in [0.25, 0.3) is 0 Å². The maximum absolute atomic E-state index is 6.64. The number of rotatable bonds is 4. The van der Waals surface area contributed by atoms with Crippen molar-refractivity contribution < 1.29 is 0 Å². The van der Waals surface area contributed by atoms with Crippen molar-refractivity contribution in [3.05, 3.63) is 18.0 Å². The lowest BCUT2D eigenvalue weighted by atomic mass is 9.72. The monoisotopic (exact) mass is 247 g/mol. The van der Waals surface area contributed by atoms with Crippen molar-refractivity contribution in [3.8, 4) is 0 Å². The minimum atomic E-state index is 0.0986. The third-order valence-electron chi connectivity index (χ3n) is 4.88. The van der Waals surface area contributed by atoms with E-state index in [1.165, 1.54) is 44.1 Å². The molecule has 0 aliphatic heterocycles. The molecule has 2 fully saturated rings. The molecule has 0 aromatic carbocycles. The molecule has 0 spiro atoms. The van der Waals surface area contributed by atoms with Gasteiger partial charge in [0.1, 0.15) is 0 Å². The van der Waals surface area contributed by atoms with Crippen LogP contribution in [-0.4, -0.2) is 15.3 Å². The van der Waals surface area contributed by atoms with Crippen LogP contribution in [0.2, 0.25) is 0 Å². The summed E-state index contributed by atoms with van der Waals surface area (Å²) in [4.78, 5) is 0. The normalized spacial score (nSPS) is 32.7. The largest absolute Gasteiger partial charge is 0.325 e. The molecule has 2 atom stereocenters. The summed E-state index contributed by atoms with van der Waals surface area (Å²) in [6.07, 6.45) is 14.5. The van der Waals surface area contributed by atoms with Crippen molar-refractivity contribution in [1.29, 1.82) is 0 Å². The van der Waals surface area contributed by atoms with Crippen LogP contribution in [-0.2, 0) is 13.5 Å². The van der Waals surface area contributed by atoms with Crippen LogP contribution in [0.1, 0.15) is 50.5 Å². The first-order valence-electron chi connectivity index (χ1n) is 7.41. The fraction of sp³-hybridized carbons (Fsp3) is 0.800. The van der Waals surface area contributed by atoms with Crippen LogP contribution in [0.5, 0.6) is 0 Å². The molecular weight excluding hydrogens is 222 g/mol. The van der Waals surface area contributed by atoms with E-state index in [4.69, 9.17) is 5.73 Å². The third kappa shape index (κ3) is 2.77. The highest BCUT2D eigenvalue weighted by Crippen LogP contribution is 2.46. The highest BCUT2D eigenvalue weighted by molar-refractivity contribution is 5.06. The zero-order valence-corrected chi connectivity index (χ0v) is 11.4. The quantitative estimate of drug-likeness (QED) is 0.889. The fourth-order valence-electron chi connectivity index (χ4n) is 3.63. The molecule has 100 valence electrons. The molecule has 1 heterocycles. The van der Waals surface area contributed by atoms with Crippen molar-refractivity contribution in [3.63, 3.8) is 0 Å². The van der Waals surface area contributed by atoms with Gasteiger partial charge in [-0.15, -0.1) is 0 Å². The van der Waals surface area contributed by atoms with Crippen molar-refractivity contribution >= 4 is 0 Å². The minimum Gasteiger partial charge on any atom is -0.325 e. The molecule has 2 saturated carbocycles. The number of aromatic nitrogens is 2. The Kier molecular flexibility index (Phi) is 3.18. The second-order valence-corrected chi connectivity index (χ2v) is 6.58. The van der Waals surface area contributed by atoms with Gasteiger partial charge in [-0.3, -0.25) is 4.68 Å². The SMILES string of the molecule is Cn1cc(CCC2(N)CCCC(C3CC3)C2)cn1. The summed E-state index contributed by atoms with van der Waals surface area (Å²) in [5.74, 6) is 1.95. The predicted octanol–water partition coefficient (Wildman–Crippen LogP) is 2.65. The van der Waals surface area contributed by atoms with E-state index >= 15 is 0 Å². The van der Waals surface area contributed by atoms with E-state index < -0.39 is 0 Å². The van der Waals surface area contributed by atoms with Gasteiger partial charge in [0.2, 0.25) is 0 Å². The zero-order chi connectivity index (χ0) is 12.6. The molecule has 0 bridgehead atoms. The van der Waals surface area contributed by atoms with Gasteiger partial charge in [0.05, 0.1) is 6.20 Å². The molecule has 2 aliphatic rings. The van der Waals surface area contributed by atoms with Gasteiger partial charge < -0.3 is 5.73 Å². The summed E-state index contributed by atoms with van der Waals surface area (Å²) in [6, 6.07) is 0. The summed E-state index contributed by atoms with van der Waals surface area (Å²) in [5.41, 5.74) is 8.07. The Labute approximate surface area is 110 Å². The van der Waals surface area contributed by atoms with Gasteiger partial charge >= 0.3 is 0 Å². The van der Waals surface area contributed by atoms with Gasteiger partial charge in [-0.1, -0.05) is 12.8 Å². The molecule has 3 nitrogen and oxygen atoms in total. The predicted molar refractivity (Wildman–Crippen MR) is 73.1 cm³/mol. The molecule has 0 amide bonds. The summed E-state index contributed by atoms with van der Waals surface area (Å²) in [6.45, 7) is 0. The average Bonchev–Trinajstić information content (AvgIpc) is 3.11. The first-order chi connectivity index (χ1) is 8.65. The highest BCUT2D eigenvalue weighted by atomic mass is 15.2. The molecule has 1 aromatic rings. The maximum Gasteiger partial charge on any atom is 0.0521 e. The van der Waals surface area contributed by atoms with Crippen molar-refractivity contribution in [2.45, 2.75) is 56.9 Å². The number of nitrogens with two attached hydrogens (primary N) is 1. The molecule has 2 N–H and O–H groups in total. The van der Waals surface area contributed by atoms with E-state index in [2.05, 4.69) is 11.3 Å². The molecule has 3 heteroatoms. The zero-order valence-electron chi connectivity index (χ0n) is 11.4. The lowest BCUT2D eigenvalue weighted by molar-refractivity contribution is 0.195. The molecule has 0 saturated heterocycles. The van der Waals surface area contributed by atoms with Gasteiger partial charge in [-0.2, -0.15) is 5.10 Å². The van der Waals surface area contributed by atoms with Gasteiger partial charge in [0.25, 0.3) is 0 Å². The summed E-state index contributed by atoms with van der Waals surface area (Å²) < 4.78 is 1.88. The van der Waals surface area contributed by atoms with Crippen molar-refractivity contribution in [1.82, 2.24) is 9.78 Å². The maximum atomic E-state index is 6.64. The second-order valence-electron chi connectivity index (χ2n) is 6.58. The Morgan fingerprint density at radius 1 is 1.39 bits per heavy atom. The Bertz CT molecular complexity index is 408. The molecular formula is C15H25N3. The molecule has 1 aromatic heterocycles. The number of hydrogen-bond donors (Lipinski definition) is 1. The van der Waals surface area contributed by atoms with Gasteiger partial charge in [0.15, 0.2) is 0 Å². The van der Waals surface area contributed by atoms with E-state index in [1.807, 2.05) is 17.9 Å². The topological polar surface area (TPSA) is 43.8 Å². The fourth-order valence-corrected chi connectivity index (χ4v) is 3.63. The van der Waals surface area contributed by atoms with E-state index in [1.54, 1.807) is 0 Å². The van der Waals surface area contributed by atoms with Gasteiger partial charge in [0, 0.05) is 18.8 Å². The highest BCUT2D eigenvalue weighted by Gasteiger charge is 2.39. The van der Waals surface area contributed by atoms with Crippen molar-refractivity contribution in [2.24, 2.45) is 24.6 Å². The van der Waals surface area contributed by atoms with Crippen molar-refractivity contribution in [2.75, 3.05) is 0 Å². The Hall–Kier alpha value is -0.830. The molecule has 2 aliphatic carbocycles. The molecule has 0 radical (unpaired) electrons. The van der Waals surface area contributed by atoms with E-state index in [9.17, 15) is 0 Å². The standard InChI is InChI=1S/C15H25N3/c1-18-11-12(10-17-18)6-8-15(16)7-2-3-14(9-15)13-4-5-13/h10-11,13-14H,2-9,16H2,1H3. The first-order valence-corrected chi connectivity index (χ1v) is 7.41. The van der Waals surface area contributed by atoms with Crippen LogP contribution in [0.15, 0.2) is 12.4 Å². The smallest absolute Gasteiger partial charge is 0.0521 e. The van der Waals surface area contributed by atoms with Crippen LogP contribution in [0, 0.1) is 11.8 Å². The number of aryl methyl sites for hydroxylation is 2. The number of hydrogen-bond acceptors (Lipinski definition) is 2. The Morgan fingerprint density at radius 3 is 2.89 bits per heavy atom. The van der Waals surface area contributed by atoms with Gasteiger partial charge in [-0.25, -0.2) is 0 Å². The van der Waals surface area contributed by atoms with Crippen LogP contribution < -0.4 is 5.73 Å². The molecule has 18 heavy (non-hydrogen) atoms. The van der Waals surface area contributed by atoms with E-state index in [0.29, 0.717) is 0 Å². The van der Waals surface area contributed by atoms with Gasteiger partial charge in [-0.05, 0) is 55.9 Å². The first kappa shape index (κ1) is 12.2. The molecule has 3 rings (SSSR count). The van der Waals surface area contributed by atoms with E-state index in [-0.39, 0.29) is 5.54 Å². The Morgan fingerprint density at radius 2 is 2.22 bits per heavy atom. The number of nitrogens with zero attached hydrogens (tertiary/aromatic N) is 2. The minimum absolute atomic E-state index is 0.0986. The summed E-state index contributed by atoms with van der Waals surface area (Å²) in [7, 11) is 1.98.